The summed E-state index contributed by atoms with van der Waals surface area (Å²) in [5.74, 6) is 2.16. The molecule has 0 aliphatic carbocycles. The topological polar surface area (TPSA) is 107 Å². The zero-order valence-electron chi connectivity index (χ0n) is 16.6. The number of rotatable bonds is 4. The van der Waals surface area contributed by atoms with E-state index in [1.54, 1.807) is 14.2 Å². The van der Waals surface area contributed by atoms with Gasteiger partial charge in [-0.1, -0.05) is 0 Å². The highest BCUT2D eigenvalue weighted by molar-refractivity contribution is 14.1. The molecule has 10 heteroatoms. The number of nitrogens with two attached hydrogens (primary N) is 1. The number of hydrogen-bond acceptors (Lipinski definition) is 8. The molecule has 156 valence electrons. The molecule has 2 N–H and O–H groups in total. The van der Waals surface area contributed by atoms with Gasteiger partial charge in [-0.25, -0.2) is 9.97 Å². The number of hydrogen-bond donors (Lipinski definition) is 1. The van der Waals surface area contributed by atoms with Crippen LogP contribution < -0.4 is 20.1 Å². The third kappa shape index (κ3) is 3.91. The van der Waals surface area contributed by atoms with Crippen LogP contribution in [0, 0.1) is 0 Å². The van der Waals surface area contributed by atoms with Crippen molar-refractivity contribution in [3.63, 3.8) is 0 Å². The molecular formula is C20H21IN6O3. The van der Waals surface area contributed by atoms with Gasteiger partial charge < -0.3 is 25.0 Å². The van der Waals surface area contributed by atoms with Crippen molar-refractivity contribution in [2.24, 2.45) is 0 Å². The fraction of sp³-hybridized carbons (Fsp3) is 0.300. The van der Waals surface area contributed by atoms with Gasteiger partial charge in [0.05, 0.1) is 25.4 Å². The predicted molar refractivity (Wildman–Crippen MR) is 123 cm³/mol. The number of pyridine rings is 1. The number of ether oxygens (including phenoxy) is 2. The SMILES string of the molecule is COc1ccc(-c2ccc3nc(N)nc(N4CCN(C(=O)I)CC4)c3n2)cc1OC. The molecule has 3 aromatic rings. The number of methoxy groups -OCH3 is 2. The Kier molecular flexibility index (Phi) is 5.75. The molecule has 0 bridgehead atoms. The molecule has 1 saturated heterocycles. The first-order valence-electron chi connectivity index (χ1n) is 9.36. The van der Waals surface area contributed by atoms with Crippen LogP contribution in [0.1, 0.15) is 0 Å². The summed E-state index contributed by atoms with van der Waals surface area (Å²) in [6.07, 6.45) is 0. The van der Waals surface area contributed by atoms with Crippen LogP contribution in [-0.4, -0.2) is 64.2 Å². The Balaban J connectivity index is 1.75. The molecule has 1 fully saturated rings. The molecule has 1 amide bonds. The summed E-state index contributed by atoms with van der Waals surface area (Å²) in [7, 11) is 3.20. The molecule has 0 radical (unpaired) electrons. The monoisotopic (exact) mass is 520 g/mol. The Morgan fingerprint density at radius 1 is 1.00 bits per heavy atom. The van der Waals surface area contributed by atoms with Gasteiger partial charge in [-0.15, -0.1) is 0 Å². The van der Waals surface area contributed by atoms with E-state index < -0.39 is 0 Å². The van der Waals surface area contributed by atoms with Crippen molar-refractivity contribution in [3.05, 3.63) is 30.3 Å². The van der Waals surface area contributed by atoms with Crippen molar-refractivity contribution in [1.82, 2.24) is 19.9 Å². The standard InChI is InChI=1S/C20H21IN6O3/c1-29-15-6-3-12(11-16(15)30-2)13-4-5-14-17(23-13)18(25-20(22)24-14)26-7-9-27(10-8-26)19(21)28/h3-6,11H,7-10H2,1-2H3,(H2,22,24,25). The van der Waals surface area contributed by atoms with Crippen LogP contribution in [0.25, 0.3) is 22.3 Å². The summed E-state index contributed by atoms with van der Waals surface area (Å²) < 4.78 is 10.8. The zero-order valence-corrected chi connectivity index (χ0v) is 18.8. The Labute approximate surface area is 187 Å². The Morgan fingerprint density at radius 3 is 2.40 bits per heavy atom. The van der Waals surface area contributed by atoms with Crippen LogP contribution in [0.15, 0.2) is 30.3 Å². The minimum atomic E-state index is 0.0492. The lowest BCUT2D eigenvalue weighted by molar-refractivity contribution is 0.222. The van der Waals surface area contributed by atoms with Crippen LogP contribution >= 0.6 is 22.6 Å². The summed E-state index contributed by atoms with van der Waals surface area (Å²) in [4.78, 5) is 29.2. The lowest BCUT2D eigenvalue weighted by Gasteiger charge is -2.34. The van der Waals surface area contributed by atoms with Crippen LogP contribution in [-0.2, 0) is 0 Å². The molecular weight excluding hydrogens is 499 g/mol. The van der Waals surface area contributed by atoms with Crippen LogP contribution in [0.5, 0.6) is 11.5 Å². The third-order valence-electron chi connectivity index (χ3n) is 5.05. The van der Waals surface area contributed by atoms with Crippen molar-refractivity contribution in [3.8, 4) is 22.8 Å². The fourth-order valence-electron chi connectivity index (χ4n) is 3.49. The van der Waals surface area contributed by atoms with Gasteiger partial charge in [-0.05, 0) is 30.3 Å². The molecule has 3 heterocycles. The average molecular weight is 520 g/mol. The Bertz CT molecular complexity index is 1100. The number of nitrogen functional groups attached to an aromatic ring is 1. The summed E-state index contributed by atoms with van der Waals surface area (Å²) in [6, 6.07) is 9.45. The molecule has 1 aromatic carbocycles. The minimum absolute atomic E-state index is 0.0492. The van der Waals surface area contributed by atoms with E-state index in [9.17, 15) is 4.79 Å². The normalized spacial score (nSPS) is 14.1. The van der Waals surface area contributed by atoms with E-state index in [0.29, 0.717) is 54.5 Å². The van der Waals surface area contributed by atoms with E-state index in [0.717, 1.165) is 11.3 Å². The highest BCUT2D eigenvalue weighted by Gasteiger charge is 2.23. The molecule has 4 rings (SSSR count). The van der Waals surface area contributed by atoms with Crippen LogP contribution in [0.2, 0.25) is 0 Å². The van der Waals surface area contributed by atoms with E-state index in [-0.39, 0.29) is 9.86 Å². The number of piperazine rings is 1. The average Bonchev–Trinajstić information content (AvgIpc) is 2.77. The molecule has 1 aliphatic heterocycles. The van der Waals surface area contributed by atoms with Gasteiger partial charge in [0.25, 0.3) is 3.91 Å². The van der Waals surface area contributed by atoms with Gasteiger partial charge in [-0.2, -0.15) is 4.98 Å². The van der Waals surface area contributed by atoms with Gasteiger partial charge in [0.2, 0.25) is 5.95 Å². The van der Waals surface area contributed by atoms with Crippen molar-refractivity contribution in [2.45, 2.75) is 0 Å². The second-order valence-corrected chi connectivity index (χ2v) is 7.69. The highest BCUT2D eigenvalue weighted by Crippen LogP contribution is 2.33. The van der Waals surface area contributed by atoms with Gasteiger partial charge in [0.15, 0.2) is 17.3 Å². The first-order valence-corrected chi connectivity index (χ1v) is 10.4. The van der Waals surface area contributed by atoms with Gasteiger partial charge in [-0.3, -0.25) is 4.79 Å². The van der Waals surface area contributed by atoms with E-state index in [1.807, 2.05) is 57.8 Å². The number of anilines is 2. The lowest BCUT2D eigenvalue weighted by atomic mass is 10.1. The summed E-state index contributed by atoms with van der Waals surface area (Å²) in [5, 5.41) is 0. The first-order chi connectivity index (χ1) is 14.5. The van der Waals surface area contributed by atoms with Gasteiger partial charge >= 0.3 is 0 Å². The number of amides is 1. The maximum Gasteiger partial charge on any atom is 0.283 e. The smallest absolute Gasteiger partial charge is 0.283 e. The van der Waals surface area contributed by atoms with E-state index >= 15 is 0 Å². The predicted octanol–water partition coefficient (Wildman–Crippen LogP) is 2.97. The second kappa shape index (κ2) is 8.46. The maximum atomic E-state index is 11.6. The summed E-state index contributed by atoms with van der Waals surface area (Å²) in [6.45, 7) is 2.57. The number of aromatic nitrogens is 3. The van der Waals surface area contributed by atoms with Crippen molar-refractivity contribution < 1.29 is 14.3 Å². The largest absolute Gasteiger partial charge is 0.493 e. The molecule has 1 aliphatic rings. The summed E-state index contributed by atoms with van der Waals surface area (Å²) in [5.41, 5.74) is 8.95. The highest BCUT2D eigenvalue weighted by atomic mass is 127. The quantitative estimate of drug-likeness (QED) is 0.318. The van der Waals surface area contributed by atoms with Crippen molar-refractivity contribution in [2.75, 3.05) is 51.0 Å². The first kappa shape index (κ1) is 20.4. The van der Waals surface area contributed by atoms with E-state index in [4.69, 9.17) is 20.2 Å². The zero-order chi connectivity index (χ0) is 21.3. The Morgan fingerprint density at radius 2 is 1.73 bits per heavy atom. The van der Waals surface area contributed by atoms with Crippen LogP contribution in [0.3, 0.4) is 0 Å². The van der Waals surface area contributed by atoms with Gasteiger partial charge in [0.1, 0.15) is 5.52 Å². The number of fused-ring (bicyclic) bond motifs is 1. The second-order valence-electron chi connectivity index (χ2n) is 6.77. The lowest BCUT2D eigenvalue weighted by Crippen LogP contribution is -2.47. The third-order valence-corrected chi connectivity index (χ3v) is 5.73. The van der Waals surface area contributed by atoms with Gasteiger partial charge in [0, 0.05) is 54.3 Å². The molecule has 2 aromatic heterocycles. The Hall–Kier alpha value is -2.89. The van der Waals surface area contributed by atoms with Crippen molar-refractivity contribution in [1.29, 1.82) is 0 Å². The number of carbonyl (C=O) groups is 1. The minimum Gasteiger partial charge on any atom is -0.493 e. The number of benzene rings is 1. The molecule has 30 heavy (non-hydrogen) atoms. The summed E-state index contributed by atoms with van der Waals surface area (Å²) >= 11 is 1.82. The molecule has 0 spiro atoms. The maximum absolute atomic E-state index is 11.6. The molecule has 0 saturated carbocycles. The fourth-order valence-corrected chi connectivity index (χ4v) is 3.97. The number of halogens is 1. The van der Waals surface area contributed by atoms with Crippen molar-refractivity contribution >= 4 is 49.3 Å². The molecule has 0 unspecified atom stereocenters. The molecule has 0 atom stereocenters. The molecule has 9 nitrogen and oxygen atoms in total. The number of nitrogens with zero attached hydrogens (tertiary/aromatic N) is 5. The number of carbonyl (C=O) groups excluding carboxylic acids is 1. The van der Waals surface area contributed by atoms with E-state index in [1.165, 1.54) is 0 Å². The van der Waals surface area contributed by atoms with E-state index in [2.05, 4.69) is 14.9 Å². The van der Waals surface area contributed by atoms with Crippen LogP contribution in [0.4, 0.5) is 16.6 Å².